The molecular weight excluding hydrogens is 238 g/mol. The lowest BCUT2D eigenvalue weighted by molar-refractivity contribution is 0.160. The van der Waals surface area contributed by atoms with E-state index in [-0.39, 0.29) is 0 Å². The number of nitrogens with one attached hydrogen (secondary N) is 1. The summed E-state index contributed by atoms with van der Waals surface area (Å²) in [5.41, 5.74) is 0. The van der Waals surface area contributed by atoms with E-state index < -0.39 is 0 Å². The van der Waals surface area contributed by atoms with Crippen LogP contribution in [0.1, 0.15) is 32.5 Å². The first-order valence-corrected chi connectivity index (χ1v) is 7.42. The average Bonchev–Trinajstić information content (AvgIpc) is 2.77. The van der Waals surface area contributed by atoms with E-state index in [0.717, 1.165) is 31.4 Å². The molecule has 2 rings (SSSR count). The van der Waals surface area contributed by atoms with Crippen molar-refractivity contribution in [1.29, 1.82) is 0 Å². The van der Waals surface area contributed by atoms with Gasteiger partial charge in [-0.05, 0) is 44.8 Å². The molecule has 1 fully saturated rings. The van der Waals surface area contributed by atoms with Crippen molar-refractivity contribution in [3.8, 4) is 0 Å². The van der Waals surface area contributed by atoms with Gasteiger partial charge in [-0.2, -0.15) is 5.10 Å². The van der Waals surface area contributed by atoms with Gasteiger partial charge in [0.25, 0.3) is 0 Å². The Morgan fingerprint density at radius 2 is 2.32 bits per heavy atom. The summed E-state index contributed by atoms with van der Waals surface area (Å²) < 4.78 is 2.06. The molecular formula is C14H27N5. The molecule has 5 nitrogen and oxygen atoms in total. The van der Waals surface area contributed by atoms with Crippen LogP contribution in [0.25, 0.3) is 0 Å². The predicted molar refractivity (Wildman–Crippen MR) is 76.8 cm³/mol. The fourth-order valence-electron chi connectivity index (χ4n) is 2.86. The maximum atomic E-state index is 4.43. The maximum Gasteiger partial charge on any atom is 0.141 e. The van der Waals surface area contributed by atoms with Crippen molar-refractivity contribution in [3.05, 3.63) is 12.2 Å². The first-order chi connectivity index (χ1) is 9.19. The van der Waals surface area contributed by atoms with Crippen LogP contribution in [0.5, 0.6) is 0 Å². The zero-order valence-corrected chi connectivity index (χ0v) is 12.5. The fourth-order valence-corrected chi connectivity index (χ4v) is 2.86. The molecule has 0 radical (unpaired) electrons. The van der Waals surface area contributed by atoms with Crippen molar-refractivity contribution in [2.45, 2.75) is 39.8 Å². The second-order valence-corrected chi connectivity index (χ2v) is 6.05. The number of hydrogen-bond acceptors (Lipinski definition) is 4. The molecule has 1 aliphatic rings. The van der Waals surface area contributed by atoms with Gasteiger partial charge in [0.05, 0.1) is 6.54 Å². The zero-order valence-electron chi connectivity index (χ0n) is 12.5. The van der Waals surface area contributed by atoms with Crippen LogP contribution in [0, 0.1) is 11.8 Å². The van der Waals surface area contributed by atoms with E-state index in [1.165, 1.54) is 25.9 Å². The molecule has 1 unspecified atom stereocenters. The molecule has 0 spiro atoms. The van der Waals surface area contributed by atoms with Crippen LogP contribution in [0.2, 0.25) is 0 Å². The van der Waals surface area contributed by atoms with E-state index in [9.17, 15) is 0 Å². The summed E-state index contributed by atoms with van der Waals surface area (Å²) in [5, 5.41) is 7.64. The third-order valence-electron chi connectivity index (χ3n) is 3.69. The molecule has 19 heavy (non-hydrogen) atoms. The Balaban J connectivity index is 1.91. The van der Waals surface area contributed by atoms with E-state index in [1.54, 1.807) is 6.33 Å². The Labute approximate surface area is 116 Å². The molecule has 2 heterocycles. The van der Waals surface area contributed by atoms with Gasteiger partial charge in [-0.3, -0.25) is 4.90 Å². The quantitative estimate of drug-likeness (QED) is 0.844. The molecule has 0 amide bonds. The van der Waals surface area contributed by atoms with Crippen LogP contribution in [0.15, 0.2) is 6.33 Å². The Morgan fingerprint density at radius 3 is 3.05 bits per heavy atom. The van der Waals surface area contributed by atoms with Gasteiger partial charge in [0.1, 0.15) is 12.2 Å². The topological polar surface area (TPSA) is 46.0 Å². The summed E-state index contributed by atoms with van der Waals surface area (Å²) in [6, 6.07) is 0. The maximum absolute atomic E-state index is 4.43. The molecule has 108 valence electrons. The van der Waals surface area contributed by atoms with Crippen molar-refractivity contribution in [2.75, 3.05) is 26.7 Å². The van der Waals surface area contributed by atoms with E-state index >= 15 is 0 Å². The predicted octanol–water partition coefficient (Wildman–Crippen LogP) is 1.37. The average molecular weight is 265 g/mol. The molecule has 0 saturated carbocycles. The van der Waals surface area contributed by atoms with Crippen LogP contribution in [-0.2, 0) is 13.1 Å². The number of likely N-dealkylation sites (tertiary alicyclic amines) is 1. The van der Waals surface area contributed by atoms with Crippen LogP contribution in [0.3, 0.4) is 0 Å². The lowest BCUT2D eigenvalue weighted by Gasteiger charge is -2.32. The summed E-state index contributed by atoms with van der Waals surface area (Å²) in [6.45, 7) is 9.82. The second-order valence-electron chi connectivity index (χ2n) is 6.05. The first kappa shape index (κ1) is 14.5. The number of nitrogens with zero attached hydrogens (tertiary/aromatic N) is 4. The molecule has 1 aromatic rings. The van der Waals surface area contributed by atoms with Crippen LogP contribution in [0.4, 0.5) is 0 Å². The van der Waals surface area contributed by atoms with Crippen LogP contribution >= 0.6 is 0 Å². The summed E-state index contributed by atoms with van der Waals surface area (Å²) in [7, 11) is 2.04. The van der Waals surface area contributed by atoms with E-state index in [2.05, 4.69) is 38.8 Å². The Kier molecular flexibility index (Phi) is 5.34. The minimum absolute atomic E-state index is 0.610. The lowest BCUT2D eigenvalue weighted by Crippen LogP contribution is -2.39. The normalized spacial score (nSPS) is 21.2. The first-order valence-electron chi connectivity index (χ1n) is 7.42. The molecule has 1 aliphatic heterocycles. The molecule has 0 aromatic carbocycles. The van der Waals surface area contributed by atoms with Gasteiger partial charge in [0, 0.05) is 13.1 Å². The van der Waals surface area contributed by atoms with E-state index in [0.29, 0.717) is 5.92 Å². The van der Waals surface area contributed by atoms with Crippen molar-refractivity contribution in [2.24, 2.45) is 11.8 Å². The molecule has 5 heteroatoms. The van der Waals surface area contributed by atoms with Crippen molar-refractivity contribution >= 4 is 0 Å². The molecule has 0 bridgehead atoms. The Morgan fingerprint density at radius 1 is 1.47 bits per heavy atom. The van der Waals surface area contributed by atoms with Gasteiger partial charge >= 0.3 is 0 Å². The third kappa shape index (κ3) is 4.28. The number of aromatic nitrogens is 3. The number of piperidine rings is 1. The van der Waals surface area contributed by atoms with E-state index in [4.69, 9.17) is 0 Å². The van der Waals surface area contributed by atoms with Gasteiger partial charge in [0.2, 0.25) is 0 Å². The van der Waals surface area contributed by atoms with Crippen molar-refractivity contribution in [1.82, 2.24) is 25.0 Å². The highest BCUT2D eigenvalue weighted by Gasteiger charge is 2.20. The largest absolute Gasteiger partial charge is 0.319 e. The van der Waals surface area contributed by atoms with Gasteiger partial charge < -0.3 is 5.32 Å². The summed E-state index contributed by atoms with van der Waals surface area (Å²) in [5.74, 6) is 2.50. The standard InChI is InChI=1S/C14H27N5/c1-12(2)8-19-14(16-11-17-19)10-18-6-4-5-13(9-18)7-15-3/h11-13,15H,4-10H2,1-3H3. The highest BCUT2D eigenvalue weighted by Crippen LogP contribution is 2.17. The van der Waals surface area contributed by atoms with Gasteiger partial charge in [0.15, 0.2) is 0 Å². The summed E-state index contributed by atoms with van der Waals surface area (Å²) in [4.78, 5) is 6.95. The van der Waals surface area contributed by atoms with Crippen molar-refractivity contribution in [3.63, 3.8) is 0 Å². The third-order valence-corrected chi connectivity index (χ3v) is 3.69. The fraction of sp³-hybridized carbons (Fsp3) is 0.857. The smallest absolute Gasteiger partial charge is 0.141 e. The summed E-state index contributed by atoms with van der Waals surface area (Å²) >= 11 is 0. The highest BCUT2D eigenvalue weighted by atomic mass is 15.3. The molecule has 1 aromatic heterocycles. The monoisotopic (exact) mass is 265 g/mol. The second kappa shape index (κ2) is 7.01. The highest BCUT2D eigenvalue weighted by molar-refractivity contribution is 4.87. The Hall–Kier alpha value is -0.940. The lowest BCUT2D eigenvalue weighted by atomic mass is 9.98. The zero-order chi connectivity index (χ0) is 13.7. The van der Waals surface area contributed by atoms with Gasteiger partial charge in [-0.15, -0.1) is 0 Å². The molecule has 0 aliphatic carbocycles. The van der Waals surface area contributed by atoms with Gasteiger partial charge in [-0.1, -0.05) is 13.8 Å². The summed E-state index contributed by atoms with van der Waals surface area (Å²) in [6.07, 6.45) is 4.33. The minimum Gasteiger partial charge on any atom is -0.319 e. The molecule has 1 atom stereocenters. The van der Waals surface area contributed by atoms with Crippen molar-refractivity contribution < 1.29 is 0 Å². The van der Waals surface area contributed by atoms with Gasteiger partial charge in [-0.25, -0.2) is 9.67 Å². The molecule has 1 N–H and O–H groups in total. The SMILES string of the molecule is CNCC1CCCN(Cc2ncnn2CC(C)C)C1. The van der Waals surface area contributed by atoms with Crippen LogP contribution in [-0.4, -0.2) is 46.3 Å². The molecule has 1 saturated heterocycles. The van der Waals surface area contributed by atoms with Crippen LogP contribution < -0.4 is 5.32 Å². The Bertz CT molecular complexity index is 372. The minimum atomic E-state index is 0.610. The number of hydrogen-bond donors (Lipinski definition) is 1. The van der Waals surface area contributed by atoms with E-state index in [1.807, 2.05) is 7.05 Å². The number of rotatable bonds is 6.